The van der Waals surface area contributed by atoms with Crippen molar-refractivity contribution in [3.63, 3.8) is 0 Å². The SMILES string of the molecule is O=C(O)c1ccc2c(c1)CN(C(=O)c1ccc(Br)cn1)C2. The molecule has 106 valence electrons. The van der Waals surface area contributed by atoms with Crippen LogP contribution in [0, 0.1) is 0 Å². The summed E-state index contributed by atoms with van der Waals surface area (Å²) in [6, 6.07) is 8.39. The molecule has 21 heavy (non-hydrogen) atoms. The van der Waals surface area contributed by atoms with E-state index in [-0.39, 0.29) is 11.5 Å². The maximum Gasteiger partial charge on any atom is 0.335 e. The Morgan fingerprint density at radius 1 is 1.14 bits per heavy atom. The zero-order valence-corrected chi connectivity index (χ0v) is 12.5. The number of amides is 1. The van der Waals surface area contributed by atoms with Crippen molar-refractivity contribution in [3.8, 4) is 0 Å². The first-order chi connectivity index (χ1) is 10.0. The van der Waals surface area contributed by atoms with Crippen molar-refractivity contribution in [3.05, 3.63) is 63.4 Å². The second-order valence-electron chi connectivity index (χ2n) is 4.81. The summed E-state index contributed by atoms with van der Waals surface area (Å²) in [5.74, 6) is -1.12. The monoisotopic (exact) mass is 346 g/mol. The lowest BCUT2D eigenvalue weighted by molar-refractivity contribution is 0.0696. The van der Waals surface area contributed by atoms with Crippen molar-refractivity contribution in [1.82, 2.24) is 9.88 Å². The first-order valence-electron chi connectivity index (χ1n) is 6.30. The van der Waals surface area contributed by atoms with Crippen LogP contribution in [0.2, 0.25) is 0 Å². The first-order valence-corrected chi connectivity index (χ1v) is 7.10. The molecule has 0 aliphatic carbocycles. The Bertz CT molecular complexity index is 728. The molecule has 1 aromatic carbocycles. The Labute approximate surface area is 129 Å². The summed E-state index contributed by atoms with van der Waals surface area (Å²) in [5, 5.41) is 9.00. The maximum absolute atomic E-state index is 12.4. The van der Waals surface area contributed by atoms with Gasteiger partial charge in [0.1, 0.15) is 5.69 Å². The molecule has 0 spiro atoms. The Morgan fingerprint density at radius 2 is 1.90 bits per heavy atom. The molecule has 1 amide bonds. The summed E-state index contributed by atoms with van der Waals surface area (Å²) in [5.41, 5.74) is 2.47. The minimum absolute atomic E-state index is 0.157. The lowest BCUT2D eigenvalue weighted by Gasteiger charge is -2.14. The van der Waals surface area contributed by atoms with E-state index in [1.807, 2.05) is 0 Å². The highest BCUT2D eigenvalue weighted by Gasteiger charge is 2.25. The van der Waals surface area contributed by atoms with Crippen molar-refractivity contribution in [2.45, 2.75) is 13.1 Å². The van der Waals surface area contributed by atoms with Gasteiger partial charge >= 0.3 is 5.97 Å². The van der Waals surface area contributed by atoms with Gasteiger partial charge in [0.05, 0.1) is 5.56 Å². The number of rotatable bonds is 2. The van der Waals surface area contributed by atoms with E-state index in [9.17, 15) is 9.59 Å². The average molecular weight is 347 g/mol. The maximum atomic E-state index is 12.4. The molecule has 2 heterocycles. The topological polar surface area (TPSA) is 70.5 Å². The van der Waals surface area contributed by atoms with E-state index in [1.54, 1.807) is 41.4 Å². The van der Waals surface area contributed by atoms with E-state index in [1.165, 1.54) is 0 Å². The molecule has 0 unspecified atom stereocenters. The molecule has 1 aromatic heterocycles. The molecule has 6 heteroatoms. The van der Waals surface area contributed by atoms with Gasteiger partial charge in [0.2, 0.25) is 0 Å². The fraction of sp³-hybridized carbons (Fsp3) is 0.133. The average Bonchev–Trinajstić information content (AvgIpc) is 2.90. The van der Waals surface area contributed by atoms with Crippen LogP contribution in [0.3, 0.4) is 0 Å². The zero-order chi connectivity index (χ0) is 15.0. The van der Waals surface area contributed by atoms with Crippen molar-refractivity contribution >= 4 is 27.8 Å². The standard InChI is InChI=1S/C15H11BrN2O3/c16-12-3-4-13(17-6-12)14(19)18-7-10-2-1-9(15(20)21)5-11(10)8-18/h1-6H,7-8H2,(H,20,21). The Morgan fingerprint density at radius 3 is 2.57 bits per heavy atom. The van der Waals surface area contributed by atoms with Gasteiger partial charge < -0.3 is 10.0 Å². The first kappa shape index (κ1) is 13.8. The van der Waals surface area contributed by atoms with E-state index in [2.05, 4.69) is 20.9 Å². The van der Waals surface area contributed by atoms with Gasteiger partial charge in [-0.1, -0.05) is 6.07 Å². The molecule has 1 aliphatic rings. The molecular formula is C15H11BrN2O3. The minimum atomic E-state index is -0.961. The van der Waals surface area contributed by atoms with Crippen LogP contribution in [-0.2, 0) is 13.1 Å². The van der Waals surface area contributed by atoms with Crippen LogP contribution in [-0.4, -0.2) is 26.9 Å². The molecular weight excluding hydrogens is 336 g/mol. The van der Waals surface area contributed by atoms with Crippen LogP contribution in [0.15, 0.2) is 41.0 Å². The van der Waals surface area contributed by atoms with Crippen molar-refractivity contribution in [2.24, 2.45) is 0 Å². The van der Waals surface area contributed by atoms with Crippen LogP contribution in [0.5, 0.6) is 0 Å². The number of carbonyl (C=O) groups excluding carboxylic acids is 1. The normalized spacial score (nSPS) is 13.1. The number of benzene rings is 1. The molecule has 1 aliphatic heterocycles. The summed E-state index contributed by atoms with van der Waals surface area (Å²) in [6.45, 7) is 0.888. The lowest BCUT2D eigenvalue weighted by Crippen LogP contribution is -2.26. The van der Waals surface area contributed by atoms with Crippen LogP contribution in [0.1, 0.15) is 32.0 Å². The van der Waals surface area contributed by atoms with Crippen LogP contribution in [0.4, 0.5) is 0 Å². The van der Waals surface area contributed by atoms with Crippen LogP contribution >= 0.6 is 15.9 Å². The predicted molar refractivity (Wildman–Crippen MR) is 78.9 cm³/mol. The van der Waals surface area contributed by atoms with Crippen LogP contribution < -0.4 is 0 Å². The predicted octanol–water partition coefficient (Wildman–Crippen LogP) is 2.70. The summed E-state index contributed by atoms with van der Waals surface area (Å²) in [7, 11) is 0. The number of hydrogen-bond acceptors (Lipinski definition) is 3. The third-order valence-corrected chi connectivity index (χ3v) is 3.88. The molecule has 0 radical (unpaired) electrons. The Kier molecular flexibility index (Phi) is 3.47. The highest BCUT2D eigenvalue weighted by atomic mass is 79.9. The number of aromatic nitrogens is 1. The molecule has 0 saturated carbocycles. The number of hydrogen-bond donors (Lipinski definition) is 1. The van der Waals surface area contributed by atoms with Crippen LogP contribution in [0.25, 0.3) is 0 Å². The van der Waals surface area contributed by atoms with E-state index >= 15 is 0 Å². The second-order valence-corrected chi connectivity index (χ2v) is 5.73. The molecule has 3 rings (SSSR count). The number of nitrogens with zero attached hydrogens (tertiary/aromatic N) is 2. The van der Waals surface area contributed by atoms with Gasteiger partial charge in [0, 0.05) is 23.8 Å². The summed E-state index contributed by atoms with van der Waals surface area (Å²) in [6.07, 6.45) is 1.58. The van der Waals surface area contributed by atoms with E-state index < -0.39 is 5.97 Å². The highest BCUT2D eigenvalue weighted by molar-refractivity contribution is 9.10. The second kappa shape index (κ2) is 5.29. The third-order valence-electron chi connectivity index (χ3n) is 3.41. The third kappa shape index (κ3) is 2.67. The van der Waals surface area contributed by atoms with Crippen molar-refractivity contribution < 1.29 is 14.7 Å². The summed E-state index contributed by atoms with van der Waals surface area (Å²) in [4.78, 5) is 29.1. The van der Waals surface area contributed by atoms with Gasteiger partial charge in [-0.2, -0.15) is 0 Å². The Balaban J connectivity index is 1.82. The van der Waals surface area contributed by atoms with Gasteiger partial charge in [0.15, 0.2) is 0 Å². The summed E-state index contributed by atoms with van der Waals surface area (Å²) >= 11 is 3.28. The molecule has 1 N–H and O–H groups in total. The molecule has 0 bridgehead atoms. The number of carboxylic acids is 1. The van der Waals surface area contributed by atoms with Crippen molar-refractivity contribution in [2.75, 3.05) is 0 Å². The quantitative estimate of drug-likeness (QED) is 0.907. The van der Waals surface area contributed by atoms with E-state index in [0.29, 0.717) is 18.8 Å². The van der Waals surface area contributed by atoms with Crippen molar-refractivity contribution in [1.29, 1.82) is 0 Å². The van der Waals surface area contributed by atoms with Gasteiger partial charge in [-0.25, -0.2) is 9.78 Å². The van der Waals surface area contributed by atoms with Gasteiger partial charge in [-0.15, -0.1) is 0 Å². The Hall–Kier alpha value is -2.21. The van der Waals surface area contributed by atoms with Gasteiger partial charge in [-0.05, 0) is 51.3 Å². The number of carboxylic acid groups (broad SMARTS) is 1. The number of carbonyl (C=O) groups is 2. The fourth-order valence-electron chi connectivity index (χ4n) is 2.34. The molecule has 5 nitrogen and oxygen atoms in total. The van der Waals surface area contributed by atoms with E-state index in [4.69, 9.17) is 5.11 Å². The number of pyridine rings is 1. The fourth-order valence-corrected chi connectivity index (χ4v) is 2.57. The highest BCUT2D eigenvalue weighted by Crippen LogP contribution is 2.25. The number of halogens is 1. The van der Waals surface area contributed by atoms with Gasteiger partial charge in [0.25, 0.3) is 5.91 Å². The largest absolute Gasteiger partial charge is 0.478 e. The number of fused-ring (bicyclic) bond motifs is 1. The lowest BCUT2D eigenvalue weighted by atomic mass is 10.1. The summed E-state index contributed by atoms with van der Waals surface area (Å²) < 4.78 is 0.815. The molecule has 0 saturated heterocycles. The molecule has 2 aromatic rings. The number of aromatic carboxylic acids is 1. The van der Waals surface area contributed by atoms with E-state index in [0.717, 1.165) is 15.6 Å². The molecule has 0 fully saturated rings. The minimum Gasteiger partial charge on any atom is -0.478 e. The smallest absolute Gasteiger partial charge is 0.335 e. The zero-order valence-electron chi connectivity index (χ0n) is 10.9. The molecule has 0 atom stereocenters. The van der Waals surface area contributed by atoms with Gasteiger partial charge in [-0.3, -0.25) is 4.79 Å².